The van der Waals surface area contributed by atoms with E-state index in [0.717, 1.165) is 10.5 Å². The van der Waals surface area contributed by atoms with Crippen molar-refractivity contribution in [1.82, 2.24) is 5.32 Å². The summed E-state index contributed by atoms with van der Waals surface area (Å²) in [6.45, 7) is 0.225. The predicted molar refractivity (Wildman–Crippen MR) is 148 cm³/mol. The van der Waals surface area contributed by atoms with Crippen LogP contribution in [0.15, 0.2) is 64.6 Å². The van der Waals surface area contributed by atoms with E-state index in [2.05, 4.69) is 21.2 Å². The smallest absolute Gasteiger partial charge is 0.270 e. The van der Waals surface area contributed by atoms with Gasteiger partial charge in [-0.2, -0.15) is 0 Å². The van der Waals surface area contributed by atoms with E-state index in [-0.39, 0.29) is 33.0 Å². The molecule has 0 unspecified atom stereocenters. The molecule has 0 aromatic heterocycles. The van der Waals surface area contributed by atoms with E-state index in [1.54, 1.807) is 54.6 Å². The highest BCUT2D eigenvalue weighted by Gasteiger charge is 2.35. The van der Waals surface area contributed by atoms with E-state index in [0.29, 0.717) is 25.8 Å². The van der Waals surface area contributed by atoms with Crippen molar-refractivity contribution in [3.8, 4) is 5.75 Å². The third kappa shape index (κ3) is 5.66. The maximum Gasteiger partial charge on any atom is 0.270 e. The third-order valence-electron chi connectivity index (χ3n) is 4.94. The van der Waals surface area contributed by atoms with Crippen molar-refractivity contribution in [2.45, 2.75) is 6.61 Å². The Morgan fingerprint density at radius 2 is 1.77 bits per heavy atom. The Morgan fingerprint density at radius 3 is 2.49 bits per heavy atom. The molecule has 1 aliphatic rings. The van der Waals surface area contributed by atoms with Crippen LogP contribution in [0, 0.1) is 0 Å². The van der Waals surface area contributed by atoms with Gasteiger partial charge in [0, 0.05) is 15.6 Å². The number of anilines is 1. The maximum absolute atomic E-state index is 13.2. The van der Waals surface area contributed by atoms with E-state index in [4.69, 9.17) is 63.4 Å². The lowest BCUT2D eigenvalue weighted by molar-refractivity contribution is -0.122. The molecule has 178 valence electrons. The largest absolute Gasteiger partial charge is 0.488 e. The van der Waals surface area contributed by atoms with Crippen LogP contribution in [0.2, 0.25) is 20.1 Å². The fraction of sp³-hybridized carbons (Fsp3) is 0.0417. The number of halogens is 5. The van der Waals surface area contributed by atoms with Crippen LogP contribution < -0.4 is 15.0 Å². The molecule has 0 atom stereocenters. The van der Waals surface area contributed by atoms with Gasteiger partial charge in [-0.3, -0.25) is 19.8 Å². The fourth-order valence-electron chi connectivity index (χ4n) is 3.23. The number of carbonyl (C=O) groups excluding carboxylic acids is 2. The summed E-state index contributed by atoms with van der Waals surface area (Å²) in [5.74, 6) is -0.703. The zero-order chi connectivity index (χ0) is 25.3. The SMILES string of the molecule is O=C1NC(=S)N(c2cccc(Cl)c2Cl)C(=O)/C1=C/c1ccc(OCc2ccc(Cl)cc2Cl)c(Br)c1. The number of benzene rings is 3. The summed E-state index contributed by atoms with van der Waals surface area (Å²) in [7, 11) is 0. The maximum atomic E-state index is 13.2. The average molecular weight is 631 g/mol. The van der Waals surface area contributed by atoms with Crippen LogP contribution in [0.4, 0.5) is 5.69 Å². The Morgan fingerprint density at radius 1 is 1.00 bits per heavy atom. The number of rotatable bonds is 5. The second-order valence-corrected chi connectivity index (χ2v) is 10.1. The Balaban J connectivity index is 1.58. The molecule has 1 heterocycles. The van der Waals surface area contributed by atoms with Crippen LogP contribution in [0.5, 0.6) is 5.75 Å². The van der Waals surface area contributed by atoms with Gasteiger partial charge in [0.1, 0.15) is 17.9 Å². The van der Waals surface area contributed by atoms with Crippen LogP contribution in [-0.4, -0.2) is 16.9 Å². The topological polar surface area (TPSA) is 58.6 Å². The molecule has 1 aliphatic heterocycles. The summed E-state index contributed by atoms with van der Waals surface area (Å²) < 4.78 is 6.47. The number of amides is 2. The second kappa shape index (κ2) is 10.9. The Kier molecular flexibility index (Phi) is 8.06. The van der Waals surface area contributed by atoms with Gasteiger partial charge in [-0.1, -0.05) is 64.6 Å². The quantitative estimate of drug-likeness (QED) is 0.181. The first-order valence-electron chi connectivity index (χ1n) is 9.87. The lowest BCUT2D eigenvalue weighted by atomic mass is 10.1. The lowest BCUT2D eigenvalue weighted by Gasteiger charge is -2.29. The molecule has 3 aromatic rings. The van der Waals surface area contributed by atoms with Crippen molar-refractivity contribution in [3.63, 3.8) is 0 Å². The molecule has 1 N–H and O–H groups in total. The summed E-state index contributed by atoms with van der Waals surface area (Å²) in [6, 6.07) is 15.1. The Bertz CT molecular complexity index is 1410. The van der Waals surface area contributed by atoms with E-state index < -0.39 is 11.8 Å². The van der Waals surface area contributed by atoms with Gasteiger partial charge in [0.05, 0.1) is 20.2 Å². The number of ether oxygens (including phenoxy) is 1. The number of nitrogens with zero attached hydrogens (tertiary/aromatic N) is 1. The van der Waals surface area contributed by atoms with Gasteiger partial charge in [-0.05, 0) is 76.2 Å². The molecule has 1 fully saturated rings. The van der Waals surface area contributed by atoms with Gasteiger partial charge >= 0.3 is 0 Å². The highest BCUT2D eigenvalue weighted by Crippen LogP contribution is 2.35. The first-order valence-corrected chi connectivity index (χ1v) is 12.6. The highest BCUT2D eigenvalue weighted by atomic mass is 79.9. The molecular formula is C24H13BrCl4N2O3S. The first-order chi connectivity index (χ1) is 16.7. The minimum Gasteiger partial charge on any atom is -0.488 e. The fourth-order valence-corrected chi connectivity index (χ4v) is 4.85. The number of thiocarbonyl (C=S) groups is 1. The van der Waals surface area contributed by atoms with Crippen molar-refractivity contribution in [2.24, 2.45) is 0 Å². The molecule has 5 nitrogen and oxygen atoms in total. The highest BCUT2D eigenvalue weighted by molar-refractivity contribution is 9.10. The number of hydrogen-bond acceptors (Lipinski definition) is 4. The van der Waals surface area contributed by atoms with Crippen LogP contribution in [0.1, 0.15) is 11.1 Å². The average Bonchev–Trinajstić information content (AvgIpc) is 2.80. The van der Waals surface area contributed by atoms with Gasteiger partial charge in [0.15, 0.2) is 5.11 Å². The van der Waals surface area contributed by atoms with Crippen molar-refractivity contribution >= 4 is 103 Å². The summed E-state index contributed by atoms with van der Waals surface area (Å²) in [4.78, 5) is 27.0. The van der Waals surface area contributed by atoms with Crippen LogP contribution in [0.3, 0.4) is 0 Å². The van der Waals surface area contributed by atoms with E-state index in [9.17, 15) is 9.59 Å². The molecule has 3 aromatic carbocycles. The lowest BCUT2D eigenvalue weighted by Crippen LogP contribution is -2.54. The number of hydrogen-bond donors (Lipinski definition) is 1. The molecule has 0 saturated carbocycles. The molecule has 4 rings (SSSR count). The standard InChI is InChI=1S/C24H13BrCl4N2O3S/c25-16-9-12(4-7-20(16)34-11-13-5-6-14(26)10-18(13)28)8-15-22(32)30-24(35)31(23(15)33)19-3-1-2-17(27)21(19)29/h1-10H,11H2,(H,30,32,35)/b15-8+. The van der Waals surface area contributed by atoms with Crippen LogP contribution >= 0.6 is 74.6 Å². The van der Waals surface area contributed by atoms with Gasteiger partial charge in [0.25, 0.3) is 11.8 Å². The van der Waals surface area contributed by atoms with Crippen molar-refractivity contribution in [3.05, 3.63) is 95.9 Å². The second-order valence-electron chi connectivity index (χ2n) is 7.25. The third-order valence-corrected chi connectivity index (χ3v) is 7.24. The zero-order valence-corrected chi connectivity index (χ0v) is 22.9. The van der Waals surface area contributed by atoms with E-state index >= 15 is 0 Å². The number of nitrogens with one attached hydrogen (secondary N) is 1. The summed E-state index contributed by atoms with van der Waals surface area (Å²) in [5.41, 5.74) is 1.50. The van der Waals surface area contributed by atoms with Crippen LogP contribution in [0.25, 0.3) is 6.08 Å². The zero-order valence-electron chi connectivity index (χ0n) is 17.5. The Hall–Kier alpha value is -2.13. The van der Waals surface area contributed by atoms with E-state index in [1.165, 1.54) is 6.08 Å². The molecule has 2 amide bonds. The van der Waals surface area contributed by atoms with Crippen molar-refractivity contribution in [1.29, 1.82) is 0 Å². The summed E-state index contributed by atoms with van der Waals surface area (Å²) in [5, 5.41) is 3.86. The van der Waals surface area contributed by atoms with Gasteiger partial charge in [-0.25, -0.2) is 0 Å². The minimum atomic E-state index is -0.628. The summed E-state index contributed by atoms with van der Waals surface area (Å²) >= 11 is 33.2. The van der Waals surface area contributed by atoms with Gasteiger partial charge < -0.3 is 4.74 Å². The molecule has 35 heavy (non-hydrogen) atoms. The Labute approximate surface area is 234 Å². The van der Waals surface area contributed by atoms with Crippen molar-refractivity contribution in [2.75, 3.05) is 4.90 Å². The first kappa shape index (κ1) is 25.9. The molecule has 0 radical (unpaired) electrons. The monoisotopic (exact) mass is 628 g/mol. The number of carbonyl (C=O) groups is 2. The molecule has 1 saturated heterocycles. The summed E-state index contributed by atoms with van der Waals surface area (Å²) in [6.07, 6.45) is 1.45. The predicted octanol–water partition coefficient (Wildman–Crippen LogP) is 7.47. The molecule has 11 heteroatoms. The molecule has 0 spiro atoms. The van der Waals surface area contributed by atoms with Gasteiger partial charge in [0.2, 0.25) is 0 Å². The normalized spacial score (nSPS) is 14.9. The van der Waals surface area contributed by atoms with Crippen molar-refractivity contribution < 1.29 is 14.3 Å². The van der Waals surface area contributed by atoms with Crippen LogP contribution in [-0.2, 0) is 16.2 Å². The minimum absolute atomic E-state index is 0.0906. The van der Waals surface area contributed by atoms with Gasteiger partial charge in [-0.15, -0.1) is 0 Å². The van der Waals surface area contributed by atoms with E-state index in [1.807, 2.05) is 0 Å². The molecular weight excluding hydrogens is 618 g/mol. The molecule has 0 bridgehead atoms. The molecule has 0 aliphatic carbocycles.